The fraction of sp³-hybridized carbons (Fsp3) is 0.421. The number of aromatic nitrogens is 4. The van der Waals surface area contributed by atoms with E-state index < -0.39 is 10.6 Å². The monoisotopic (exact) mass is 487 g/mol. The van der Waals surface area contributed by atoms with E-state index in [4.69, 9.17) is 27.9 Å². The molecule has 3 aromatic rings. The van der Waals surface area contributed by atoms with Crippen molar-refractivity contribution in [1.82, 2.24) is 19.7 Å². The van der Waals surface area contributed by atoms with Crippen molar-refractivity contribution < 1.29 is 13.8 Å². The van der Waals surface area contributed by atoms with E-state index in [1.54, 1.807) is 23.0 Å². The van der Waals surface area contributed by atoms with Crippen LogP contribution in [0.2, 0.25) is 10.0 Å². The van der Waals surface area contributed by atoms with Crippen molar-refractivity contribution in [3.63, 3.8) is 0 Å². The molecule has 2 aromatic heterocycles. The van der Waals surface area contributed by atoms with Gasteiger partial charge in [0.15, 0.2) is 5.52 Å². The van der Waals surface area contributed by atoms with Gasteiger partial charge in [-0.2, -0.15) is 15.7 Å². The molecule has 0 aliphatic carbocycles. The lowest BCUT2D eigenvalue weighted by Gasteiger charge is -2.38. The number of hydrogen-bond acceptors (Lipinski definition) is 7. The molecule has 9 nitrogen and oxygen atoms in total. The van der Waals surface area contributed by atoms with Crippen LogP contribution in [0, 0.1) is 0 Å². The van der Waals surface area contributed by atoms with E-state index in [1.807, 2.05) is 6.07 Å². The first-order valence-electron chi connectivity index (χ1n) is 9.79. The predicted molar refractivity (Wildman–Crippen MR) is 123 cm³/mol. The highest BCUT2D eigenvalue weighted by molar-refractivity contribution is 8.24. The maximum absolute atomic E-state index is 12.6. The minimum absolute atomic E-state index is 0.00432. The summed E-state index contributed by atoms with van der Waals surface area (Å²) in [6.07, 6.45) is 2.79. The van der Waals surface area contributed by atoms with Crippen LogP contribution in [-0.2, 0) is 17.8 Å². The van der Waals surface area contributed by atoms with Crippen molar-refractivity contribution in [3.05, 3.63) is 50.4 Å². The Kier molecular flexibility index (Phi) is 6.75. The van der Waals surface area contributed by atoms with Crippen molar-refractivity contribution in [2.45, 2.75) is 32.0 Å². The second-order valence-corrected chi connectivity index (χ2v) is 10.6. The van der Waals surface area contributed by atoms with Crippen LogP contribution in [0.3, 0.4) is 0 Å². The van der Waals surface area contributed by atoms with E-state index in [9.17, 15) is 13.9 Å². The summed E-state index contributed by atoms with van der Waals surface area (Å²) in [7, 11) is -2.42. The van der Waals surface area contributed by atoms with Gasteiger partial charge >= 0.3 is 0 Å². The molecule has 12 heteroatoms. The Balaban J connectivity index is 1.37. The number of nitrogens with zero attached hydrogens (tertiary/aromatic N) is 3. The average molecular weight is 488 g/mol. The molecule has 0 amide bonds. The minimum Gasteiger partial charge on any atom is -0.376 e. The zero-order chi connectivity index (χ0) is 22.0. The van der Waals surface area contributed by atoms with Crippen LogP contribution in [0.1, 0.15) is 18.4 Å². The summed E-state index contributed by atoms with van der Waals surface area (Å²) in [5.41, 5.74) is 1.45. The molecular weight excluding hydrogens is 465 g/mol. The van der Waals surface area contributed by atoms with Gasteiger partial charge in [0, 0.05) is 18.1 Å². The Morgan fingerprint density at radius 1 is 1.26 bits per heavy atom. The SMILES string of the molecule is O=c1[nH]c(NCc2ccc(Cl)c(Cl)c2)nc2cnn(CCOC3CCS(O)(O)CC3)c12. The van der Waals surface area contributed by atoms with Crippen molar-refractivity contribution in [2.75, 3.05) is 23.4 Å². The van der Waals surface area contributed by atoms with Gasteiger partial charge in [0.1, 0.15) is 5.52 Å². The second kappa shape index (κ2) is 9.35. The maximum atomic E-state index is 12.6. The number of fused-ring (bicyclic) bond motifs is 1. The fourth-order valence-electron chi connectivity index (χ4n) is 3.45. The van der Waals surface area contributed by atoms with Gasteiger partial charge in [-0.1, -0.05) is 29.3 Å². The summed E-state index contributed by atoms with van der Waals surface area (Å²) >= 11 is 12.0. The van der Waals surface area contributed by atoms with Crippen LogP contribution >= 0.6 is 33.8 Å². The molecule has 1 aliphatic heterocycles. The third kappa shape index (κ3) is 5.51. The molecule has 4 N–H and O–H groups in total. The molecule has 31 heavy (non-hydrogen) atoms. The van der Waals surface area contributed by atoms with Gasteiger partial charge in [0.2, 0.25) is 5.95 Å². The number of anilines is 1. The van der Waals surface area contributed by atoms with Gasteiger partial charge in [-0.15, -0.1) is 0 Å². The zero-order valence-electron chi connectivity index (χ0n) is 16.6. The number of rotatable bonds is 7. The summed E-state index contributed by atoms with van der Waals surface area (Å²) in [6, 6.07) is 5.30. The van der Waals surface area contributed by atoms with E-state index in [2.05, 4.69) is 20.4 Å². The van der Waals surface area contributed by atoms with Crippen molar-refractivity contribution >= 4 is 50.8 Å². The molecule has 0 spiro atoms. The van der Waals surface area contributed by atoms with Crippen LogP contribution < -0.4 is 10.9 Å². The quantitative estimate of drug-likeness (QED) is 0.397. The van der Waals surface area contributed by atoms with Gasteiger partial charge < -0.3 is 10.1 Å². The first-order chi connectivity index (χ1) is 14.8. The van der Waals surface area contributed by atoms with Crippen LogP contribution in [0.25, 0.3) is 11.0 Å². The van der Waals surface area contributed by atoms with Crippen LogP contribution in [0.4, 0.5) is 5.95 Å². The standard InChI is InChI=1S/C19H23Cl2N5O4S/c20-14-2-1-12(9-15(14)21)10-22-19-24-16-11-23-26(17(16)18(27)25-19)5-6-30-13-3-7-31(28,29)8-4-13/h1-2,9,11,13,28-29H,3-8,10H2,(H2,22,24,25,27). The van der Waals surface area contributed by atoms with E-state index in [0.29, 0.717) is 71.1 Å². The molecule has 3 heterocycles. The molecule has 0 saturated carbocycles. The Bertz CT molecular complexity index is 1130. The van der Waals surface area contributed by atoms with Gasteiger partial charge in [0.25, 0.3) is 5.56 Å². The van der Waals surface area contributed by atoms with Crippen molar-refractivity contribution in [1.29, 1.82) is 0 Å². The topological polar surface area (TPSA) is 125 Å². The highest BCUT2D eigenvalue weighted by Crippen LogP contribution is 2.44. The summed E-state index contributed by atoms with van der Waals surface area (Å²) < 4.78 is 26.7. The predicted octanol–water partition coefficient (Wildman–Crippen LogP) is 3.97. The van der Waals surface area contributed by atoms with Crippen LogP contribution in [-0.4, -0.2) is 53.1 Å². The molecule has 0 bridgehead atoms. The Morgan fingerprint density at radius 3 is 2.77 bits per heavy atom. The molecule has 0 unspecified atom stereocenters. The van der Waals surface area contributed by atoms with E-state index in [0.717, 1.165) is 5.56 Å². The van der Waals surface area contributed by atoms with Crippen molar-refractivity contribution in [3.8, 4) is 0 Å². The maximum Gasteiger partial charge on any atom is 0.278 e. The number of nitrogens with one attached hydrogen (secondary N) is 2. The number of aromatic amines is 1. The number of ether oxygens (including phenoxy) is 1. The molecular formula is C19H23Cl2N5O4S. The third-order valence-electron chi connectivity index (χ3n) is 5.13. The molecule has 0 radical (unpaired) electrons. The number of benzene rings is 1. The summed E-state index contributed by atoms with van der Waals surface area (Å²) in [5, 5.41) is 8.28. The zero-order valence-corrected chi connectivity index (χ0v) is 18.9. The van der Waals surface area contributed by atoms with E-state index in [1.165, 1.54) is 0 Å². The Labute approximate surface area is 190 Å². The van der Waals surface area contributed by atoms with E-state index >= 15 is 0 Å². The summed E-state index contributed by atoms with van der Waals surface area (Å²) in [6.45, 7) is 1.19. The first kappa shape index (κ1) is 22.4. The van der Waals surface area contributed by atoms with Crippen molar-refractivity contribution in [2.24, 2.45) is 0 Å². The molecule has 1 aromatic carbocycles. The largest absolute Gasteiger partial charge is 0.376 e. The van der Waals surface area contributed by atoms with E-state index in [-0.39, 0.29) is 11.7 Å². The van der Waals surface area contributed by atoms with Crippen LogP contribution in [0.15, 0.2) is 29.2 Å². The number of H-pyrrole nitrogens is 1. The van der Waals surface area contributed by atoms with Gasteiger partial charge in [0.05, 0.1) is 35.5 Å². The van der Waals surface area contributed by atoms with Gasteiger partial charge in [-0.3, -0.25) is 23.6 Å². The first-order valence-corrected chi connectivity index (χ1v) is 12.4. The fourth-order valence-corrected chi connectivity index (χ4v) is 5.26. The molecule has 1 saturated heterocycles. The third-order valence-corrected chi connectivity index (χ3v) is 7.65. The second-order valence-electron chi connectivity index (χ2n) is 7.40. The van der Waals surface area contributed by atoms with Gasteiger partial charge in [-0.25, -0.2) is 4.98 Å². The molecule has 1 aliphatic rings. The molecule has 4 rings (SSSR count). The number of hydrogen-bond donors (Lipinski definition) is 4. The minimum atomic E-state index is -2.42. The Morgan fingerprint density at radius 2 is 2.03 bits per heavy atom. The summed E-state index contributed by atoms with van der Waals surface area (Å²) in [4.78, 5) is 19.8. The lowest BCUT2D eigenvalue weighted by atomic mass is 10.2. The molecule has 0 atom stereocenters. The summed E-state index contributed by atoms with van der Waals surface area (Å²) in [5.74, 6) is 1.09. The normalized spacial score (nSPS) is 17.7. The molecule has 1 fully saturated rings. The highest BCUT2D eigenvalue weighted by Gasteiger charge is 2.24. The molecule has 168 valence electrons. The highest BCUT2D eigenvalue weighted by atomic mass is 35.5. The average Bonchev–Trinajstić information content (AvgIpc) is 3.14. The number of halogens is 2. The lowest BCUT2D eigenvalue weighted by molar-refractivity contribution is 0.0399. The lowest BCUT2D eigenvalue weighted by Crippen LogP contribution is -2.27. The smallest absolute Gasteiger partial charge is 0.278 e. The van der Waals surface area contributed by atoms with Crippen LogP contribution in [0.5, 0.6) is 0 Å². The van der Waals surface area contributed by atoms with Gasteiger partial charge in [-0.05, 0) is 30.5 Å². The Hall–Kier alpha value is -1.82.